The van der Waals surface area contributed by atoms with Crippen LogP contribution in [-0.4, -0.2) is 53.7 Å². The molecule has 1 aromatic carbocycles. The third-order valence-electron chi connectivity index (χ3n) is 5.09. The van der Waals surface area contributed by atoms with Crippen molar-refractivity contribution < 1.29 is 19.0 Å². The van der Waals surface area contributed by atoms with Gasteiger partial charge in [-0.2, -0.15) is 0 Å². The van der Waals surface area contributed by atoms with Crippen molar-refractivity contribution in [3.05, 3.63) is 42.2 Å². The number of aromatic nitrogens is 2. The Morgan fingerprint density at radius 3 is 2.70 bits per heavy atom. The van der Waals surface area contributed by atoms with Crippen molar-refractivity contribution in [1.82, 2.24) is 14.9 Å². The minimum Gasteiger partial charge on any atom is -0.493 e. The molecule has 2 aromatic rings. The summed E-state index contributed by atoms with van der Waals surface area (Å²) in [4.78, 5) is 23.0. The number of fused-ring (bicyclic) bond motifs is 1. The zero-order valence-corrected chi connectivity index (χ0v) is 15.3. The predicted octanol–water partition coefficient (Wildman–Crippen LogP) is 2.11. The molecular weight excluding hydrogens is 346 g/mol. The van der Waals surface area contributed by atoms with E-state index in [0.29, 0.717) is 32.1 Å². The monoisotopic (exact) mass is 369 g/mol. The molecule has 7 heteroatoms. The number of ether oxygens (including phenoxy) is 3. The second kappa shape index (κ2) is 7.82. The van der Waals surface area contributed by atoms with Crippen LogP contribution in [0.25, 0.3) is 0 Å². The summed E-state index contributed by atoms with van der Waals surface area (Å²) in [5.74, 6) is 1.48. The van der Waals surface area contributed by atoms with Crippen LogP contribution in [0, 0.1) is 5.92 Å². The van der Waals surface area contributed by atoms with Gasteiger partial charge < -0.3 is 19.1 Å². The number of likely N-dealkylation sites (tertiary alicyclic amines) is 1. The van der Waals surface area contributed by atoms with Crippen LogP contribution in [-0.2, 0) is 11.2 Å². The Kier molecular flexibility index (Phi) is 5.09. The van der Waals surface area contributed by atoms with Crippen molar-refractivity contribution >= 4 is 5.91 Å². The van der Waals surface area contributed by atoms with Crippen LogP contribution < -0.4 is 14.2 Å². The van der Waals surface area contributed by atoms with Gasteiger partial charge in [-0.3, -0.25) is 4.79 Å². The third-order valence-corrected chi connectivity index (χ3v) is 5.09. The van der Waals surface area contributed by atoms with Gasteiger partial charge in [0.15, 0.2) is 11.5 Å². The zero-order chi connectivity index (χ0) is 18.6. The molecule has 1 saturated heterocycles. The van der Waals surface area contributed by atoms with Crippen molar-refractivity contribution in [2.45, 2.75) is 25.4 Å². The third kappa shape index (κ3) is 3.82. The summed E-state index contributed by atoms with van der Waals surface area (Å²) in [5, 5.41) is 0. The minimum absolute atomic E-state index is 0.0454. The molecule has 7 nitrogen and oxygen atoms in total. The van der Waals surface area contributed by atoms with Gasteiger partial charge >= 0.3 is 6.01 Å². The number of carbonyl (C=O) groups excluding carboxylic acids is 1. The summed E-state index contributed by atoms with van der Waals surface area (Å²) in [6, 6.07) is 7.96. The fraction of sp³-hybridized carbons (Fsp3) is 0.450. The molecule has 2 aliphatic heterocycles. The molecule has 0 saturated carbocycles. The average molecular weight is 369 g/mol. The predicted molar refractivity (Wildman–Crippen MR) is 97.9 cm³/mol. The van der Waals surface area contributed by atoms with Gasteiger partial charge in [0.2, 0.25) is 5.91 Å². The minimum atomic E-state index is -0.153. The topological polar surface area (TPSA) is 73.8 Å². The van der Waals surface area contributed by atoms with E-state index in [1.54, 1.807) is 25.6 Å². The Hall–Kier alpha value is -2.83. The van der Waals surface area contributed by atoms with E-state index in [1.165, 1.54) is 0 Å². The lowest BCUT2D eigenvalue weighted by Gasteiger charge is -2.35. The molecule has 0 unspecified atom stereocenters. The van der Waals surface area contributed by atoms with Crippen LogP contribution in [0.5, 0.6) is 17.5 Å². The van der Waals surface area contributed by atoms with E-state index < -0.39 is 0 Å². The maximum Gasteiger partial charge on any atom is 0.316 e. The van der Waals surface area contributed by atoms with Crippen LogP contribution in [0.4, 0.5) is 0 Å². The fourth-order valence-electron chi connectivity index (χ4n) is 3.66. The lowest BCUT2D eigenvalue weighted by atomic mass is 9.94. The number of piperidine rings is 1. The molecule has 1 amide bonds. The molecule has 0 spiro atoms. The van der Waals surface area contributed by atoms with E-state index in [2.05, 4.69) is 9.97 Å². The summed E-state index contributed by atoms with van der Waals surface area (Å²) in [7, 11) is 1.63. The Labute approximate surface area is 158 Å². The Bertz CT molecular complexity index is 791. The summed E-state index contributed by atoms with van der Waals surface area (Å²) in [5.41, 5.74) is 1.03. The highest BCUT2D eigenvalue weighted by Gasteiger charge is 2.33. The van der Waals surface area contributed by atoms with Crippen LogP contribution >= 0.6 is 0 Å². The number of hydrogen-bond donors (Lipinski definition) is 0. The van der Waals surface area contributed by atoms with E-state index in [9.17, 15) is 4.79 Å². The molecule has 1 atom stereocenters. The highest BCUT2D eigenvalue weighted by atomic mass is 16.5. The van der Waals surface area contributed by atoms with Gasteiger partial charge in [0.25, 0.3) is 0 Å². The number of benzene rings is 1. The smallest absolute Gasteiger partial charge is 0.316 e. The van der Waals surface area contributed by atoms with Crippen LogP contribution in [0.15, 0.2) is 36.7 Å². The molecule has 4 rings (SSSR count). The number of rotatable bonds is 4. The molecule has 0 aliphatic carbocycles. The first-order valence-electron chi connectivity index (χ1n) is 9.25. The first kappa shape index (κ1) is 17.6. The second-order valence-electron chi connectivity index (χ2n) is 6.83. The van der Waals surface area contributed by atoms with Crippen molar-refractivity contribution in [3.63, 3.8) is 0 Å². The highest BCUT2D eigenvalue weighted by Crippen LogP contribution is 2.36. The van der Waals surface area contributed by atoms with Gasteiger partial charge in [-0.25, -0.2) is 9.97 Å². The SMILES string of the molecule is COc1cccc2c1OC[C@@H](C(=O)N1CCC(Oc3ncccn3)CC1)C2. The standard InChI is InChI=1S/C20H23N3O4/c1-25-17-5-2-4-14-12-15(13-26-18(14)17)19(24)23-10-6-16(7-11-23)27-20-21-8-3-9-22-20/h2-5,8-9,15-16H,6-7,10-13H2,1H3/t15-/m0/s1. The normalized spacial score (nSPS) is 19.7. The number of carbonyl (C=O) groups is 1. The van der Waals surface area contributed by atoms with E-state index in [4.69, 9.17) is 14.2 Å². The Balaban J connectivity index is 1.33. The van der Waals surface area contributed by atoms with Crippen LogP contribution in [0.2, 0.25) is 0 Å². The molecule has 0 radical (unpaired) electrons. The number of methoxy groups -OCH3 is 1. The first-order chi connectivity index (χ1) is 13.2. The van der Waals surface area contributed by atoms with Gasteiger partial charge in [-0.1, -0.05) is 12.1 Å². The van der Waals surface area contributed by atoms with Gasteiger partial charge in [0.1, 0.15) is 12.7 Å². The molecule has 0 N–H and O–H groups in total. The summed E-state index contributed by atoms with van der Waals surface area (Å²) in [6.07, 6.45) is 5.61. The van der Waals surface area contributed by atoms with Crippen LogP contribution in [0.1, 0.15) is 18.4 Å². The summed E-state index contributed by atoms with van der Waals surface area (Å²) < 4.78 is 17.0. The van der Waals surface area contributed by atoms with Crippen LogP contribution in [0.3, 0.4) is 0 Å². The summed E-state index contributed by atoms with van der Waals surface area (Å²) in [6.45, 7) is 1.75. The Morgan fingerprint density at radius 2 is 1.96 bits per heavy atom. The van der Waals surface area contributed by atoms with Gasteiger partial charge in [0.05, 0.1) is 13.0 Å². The van der Waals surface area contributed by atoms with E-state index >= 15 is 0 Å². The molecule has 142 valence electrons. The van der Waals surface area contributed by atoms with Gasteiger partial charge in [-0.05, 0) is 24.1 Å². The number of nitrogens with zero attached hydrogens (tertiary/aromatic N) is 3. The lowest BCUT2D eigenvalue weighted by molar-refractivity contribution is -0.138. The highest BCUT2D eigenvalue weighted by molar-refractivity contribution is 5.80. The van der Waals surface area contributed by atoms with Crippen molar-refractivity contribution in [3.8, 4) is 17.5 Å². The van der Waals surface area contributed by atoms with Gasteiger partial charge in [-0.15, -0.1) is 0 Å². The maximum atomic E-state index is 12.9. The zero-order valence-electron chi connectivity index (χ0n) is 15.3. The first-order valence-corrected chi connectivity index (χ1v) is 9.25. The van der Waals surface area contributed by atoms with E-state index in [-0.39, 0.29) is 17.9 Å². The summed E-state index contributed by atoms with van der Waals surface area (Å²) >= 11 is 0. The number of hydrogen-bond acceptors (Lipinski definition) is 6. The van der Waals surface area contributed by atoms with Crippen molar-refractivity contribution in [2.75, 3.05) is 26.8 Å². The quantitative estimate of drug-likeness (QED) is 0.822. The molecule has 1 aromatic heterocycles. The largest absolute Gasteiger partial charge is 0.493 e. The molecule has 1 fully saturated rings. The molecule has 0 bridgehead atoms. The Morgan fingerprint density at radius 1 is 1.19 bits per heavy atom. The average Bonchev–Trinajstić information content (AvgIpc) is 2.73. The second-order valence-corrected chi connectivity index (χ2v) is 6.83. The fourth-order valence-corrected chi connectivity index (χ4v) is 3.66. The lowest BCUT2D eigenvalue weighted by Crippen LogP contribution is -2.46. The van der Waals surface area contributed by atoms with E-state index in [0.717, 1.165) is 29.9 Å². The van der Waals surface area contributed by atoms with E-state index in [1.807, 2.05) is 23.1 Å². The maximum absolute atomic E-state index is 12.9. The van der Waals surface area contributed by atoms with Gasteiger partial charge in [0, 0.05) is 38.3 Å². The molecule has 27 heavy (non-hydrogen) atoms. The number of para-hydroxylation sites is 1. The van der Waals surface area contributed by atoms with Crippen molar-refractivity contribution in [1.29, 1.82) is 0 Å². The molecular formula is C20H23N3O4. The number of amides is 1. The molecule has 3 heterocycles. The molecule has 2 aliphatic rings. The van der Waals surface area contributed by atoms with Crippen molar-refractivity contribution in [2.24, 2.45) is 5.92 Å².